The second-order valence-electron chi connectivity index (χ2n) is 5.64. The lowest BCUT2D eigenvalue weighted by atomic mass is 10.1. The quantitative estimate of drug-likeness (QED) is 0.473. The number of nitrogens with zero attached hydrogens (tertiary/aromatic N) is 2. The first kappa shape index (κ1) is 18.2. The fourth-order valence-corrected chi connectivity index (χ4v) is 2.53. The standard InChI is InChI=1S/C18H17N3O6/c1-25-15-4-3-13(8-14(15)21(23)24)11-19-20-18(22)10-12-2-5-16-17(9-12)27-7-6-26-16/h2-5,8-9,11H,6-7,10H2,1H3,(H,20,22)/b19-11+. The summed E-state index contributed by atoms with van der Waals surface area (Å²) in [5, 5.41) is 14.8. The molecule has 1 N–H and O–H groups in total. The zero-order valence-electron chi connectivity index (χ0n) is 14.5. The lowest BCUT2D eigenvalue weighted by molar-refractivity contribution is -0.385. The summed E-state index contributed by atoms with van der Waals surface area (Å²) in [5.74, 6) is 1.09. The Morgan fingerprint density at radius 3 is 2.78 bits per heavy atom. The number of ether oxygens (including phenoxy) is 3. The average Bonchev–Trinajstić information content (AvgIpc) is 2.67. The Morgan fingerprint density at radius 2 is 2.04 bits per heavy atom. The molecule has 27 heavy (non-hydrogen) atoms. The van der Waals surface area contributed by atoms with Crippen LogP contribution in [0.15, 0.2) is 41.5 Å². The Kier molecular flexibility index (Phi) is 5.50. The molecule has 2 aromatic carbocycles. The summed E-state index contributed by atoms with van der Waals surface area (Å²) >= 11 is 0. The van der Waals surface area contributed by atoms with Crippen molar-refractivity contribution >= 4 is 17.8 Å². The third kappa shape index (κ3) is 4.51. The maximum atomic E-state index is 12.0. The number of nitro groups is 1. The predicted octanol–water partition coefficient (Wildman–Crippen LogP) is 2.07. The highest BCUT2D eigenvalue weighted by atomic mass is 16.6. The normalized spacial score (nSPS) is 12.6. The van der Waals surface area contributed by atoms with E-state index >= 15 is 0 Å². The Morgan fingerprint density at radius 1 is 1.26 bits per heavy atom. The molecule has 1 amide bonds. The third-order valence-corrected chi connectivity index (χ3v) is 3.77. The molecule has 1 heterocycles. The van der Waals surface area contributed by atoms with Gasteiger partial charge < -0.3 is 14.2 Å². The molecule has 0 spiro atoms. The number of methoxy groups -OCH3 is 1. The van der Waals surface area contributed by atoms with E-state index in [9.17, 15) is 14.9 Å². The molecule has 1 aliphatic heterocycles. The molecule has 0 bridgehead atoms. The Bertz CT molecular complexity index is 897. The Balaban J connectivity index is 1.60. The molecule has 0 fully saturated rings. The van der Waals surface area contributed by atoms with Crippen molar-refractivity contribution in [2.45, 2.75) is 6.42 Å². The summed E-state index contributed by atoms with van der Waals surface area (Å²) in [7, 11) is 1.36. The first-order valence-corrected chi connectivity index (χ1v) is 8.09. The van der Waals surface area contributed by atoms with Gasteiger partial charge in [-0.1, -0.05) is 6.07 Å². The summed E-state index contributed by atoms with van der Waals surface area (Å²) < 4.78 is 15.9. The van der Waals surface area contributed by atoms with Crippen LogP contribution in [-0.4, -0.2) is 37.4 Å². The number of nitro benzene ring substituents is 1. The van der Waals surface area contributed by atoms with Crippen LogP contribution >= 0.6 is 0 Å². The van der Waals surface area contributed by atoms with E-state index in [1.807, 2.05) is 0 Å². The first-order valence-electron chi connectivity index (χ1n) is 8.09. The lowest BCUT2D eigenvalue weighted by Gasteiger charge is -2.18. The summed E-state index contributed by atoms with van der Waals surface area (Å²) in [6, 6.07) is 9.68. The van der Waals surface area contributed by atoms with E-state index in [0.29, 0.717) is 30.3 Å². The van der Waals surface area contributed by atoms with E-state index in [-0.39, 0.29) is 23.8 Å². The summed E-state index contributed by atoms with van der Waals surface area (Å²) in [4.78, 5) is 22.5. The van der Waals surface area contributed by atoms with Crippen molar-refractivity contribution in [1.82, 2.24) is 5.43 Å². The van der Waals surface area contributed by atoms with E-state index in [1.165, 1.54) is 25.5 Å². The molecule has 1 aliphatic rings. The maximum Gasteiger partial charge on any atom is 0.311 e. The van der Waals surface area contributed by atoms with E-state index in [0.717, 1.165) is 5.56 Å². The number of carbonyl (C=O) groups excluding carboxylic acids is 1. The highest BCUT2D eigenvalue weighted by Crippen LogP contribution is 2.31. The zero-order valence-corrected chi connectivity index (χ0v) is 14.5. The molecule has 2 aromatic rings. The Labute approximate surface area is 154 Å². The van der Waals surface area contributed by atoms with Gasteiger partial charge in [-0.3, -0.25) is 14.9 Å². The van der Waals surface area contributed by atoms with E-state index in [1.54, 1.807) is 24.3 Å². The van der Waals surface area contributed by atoms with Crippen LogP contribution in [0.1, 0.15) is 11.1 Å². The number of benzene rings is 2. The van der Waals surface area contributed by atoms with Crippen LogP contribution in [0, 0.1) is 10.1 Å². The summed E-state index contributed by atoms with van der Waals surface area (Å²) in [6.45, 7) is 0.978. The van der Waals surface area contributed by atoms with Crippen molar-refractivity contribution < 1.29 is 23.9 Å². The topological polar surface area (TPSA) is 112 Å². The van der Waals surface area contributed by atoms with Gasteiger partial charge in [-0.2, -0.15) is 5.10 Å². The van der Waals surface area contributed by atoms with Crippen molar-refractivity contribution in [3.05, 3.63) is 57.6 Å². The van der Waals surface area contributed by atoms with Crippen LogP contribution in [0.4, 0.5) is 5.69 Å². The van der Waals surface area contributed by atoms with Gasteiger partial charge in [0.05, 0.1) is 24.7 Å². The molecule has 0 saturated carbocycles. The molecule has 0 aromatic heterocycles. The van der Waals surface area contributed by atoms with Gasteiger partial charge in [-0.25, -0.2) is 5.43 Å². The number of fused-ring (bicyclic) bond motifs is 1. The predicted molar refractivity (Wildman–Crippen MR) is 96.5 cm³/mol. The van der Waals surface area contributed by atoms with Gasteiger partial charge >= 0.3 is 5.69 Å². The second kappa shape index (κ2) is 8.17. The molecule has 0 unspecified atom stereocenters. The van der Waals surface area contributed by atoms with Crippen molar-refractivity contribution in [3.63, 3.8) is 0 Å². The number of carbonyl (C=O) groups is 1. The van der Waals surface area contributed by atoms with Gasteiger partial charge in [0, 0.05) is 11.6 Å². The molecular formula is C18H17N3O6. The lowest BCUT2D eigenvalue weighted by Crippen LogP contribution is -2.20. The van der Waals surface area contributed by atoms with Gasteiger partial charge in [-0.15, -0.1) is 0 Å². The number of rotatable bonds is 6. The van der Waals surface area contributed by atoms with Crippen LogP contribution in [0.2, 0.25) is 0 Å². The van der Waals surface area contributed by atoms with Gasteiger partial charge in [0.1, 0.15) is 13.2 Å². The van der Waals surface area contributed by atoms with Gasteiger partial charge in [0.2, 0.25) is 5.91 Å². The second-order valence-corrected chi connectivity index (χ2v) is 5.64. The number of amides is 1. The van der Waals surface area contributed by atoms with Crippen molar-refractivity contribution in [2.24, 2.45) is 5.10 Å². The van der Waals surface area contributed by atoms with Gasteiger partial charge in [0.15, 0.2) is 17.2 Å². The molecule has 9 nitrogen and oxygen atoms in total. The fraction of sp³-hybridized carbons (Fsp3) is 0.222. The Hall–Kier alpha value is -3.62. The maximum absolute atomic E-state index is 12.0. The number of hydrazone groups is 1. The zero-order chi connectivity index (χ0) is 19.2. The van der Waals surface area contributed by atoms with Gasteiger partial charge in [-0.05, 0) is 29.8 Å². The SMILES string of the molecule is COc1ccc(/C=N/NC(=O)Cc2ccc3c(c2)OCCO3)cc1[N+](=O)[O-]. The van der Waals surface area contributed by atoms with Crippen LogP contribution in [0.3, 0.4) is 0 Å². The molecule has 0 saturated heterocycles. The minimum Gasteiger partial charge on any atom is -0.490 e. The molecule has 3 rings (SSSR count). The van der Waals surface area contributed by atoms with E-state index < -0.39 is 4.92 Å². The van der Waals surface area contributed by atoms with Crippen molar-refractivity contribution in [3.8, 4) is 17.2 Å². The molecule has 0 aliphatic carbocycles. The minimum atomic E-state index is -0.545. The number of hydrogen-bond donors (Lipinski definition) is 1. The highest BCUT2D eigenvalue weighted by molar-refractivity contribution is 5.84. The molecule has 0 atom stereocenters. The first-order chi connectivity index (χ1) is 13.1. The molecule has 140 valence electrons. The fourth-order valence-electron chi connectivity index (χ4n) is 2.53. The van der Waals surface area contributed by atoms with E-state index in [4.69, 9.17) is 14.2 Å². The van der Waals surface area contributed by atoms with Crippen LogP contribution in [0.5, 0.6) is 17.2 Å². The largest absolute Gasteiger partial charge is 0.490 e. The van der Waals surface area contributed by atoms with Crippen molar-refractivity contribution in [2.75, 3.05) is 20.3 Å². The number of hydrogen-bond acceptors (Lipinski definition) is 7. The smallest absolute Gasteiger partial charge is 0.311 e. The number of nitrogens with one attached hydrogen (secondary N) is 1. The highest BCUT2D eigenvalue weighted by Gasteiger charge is 2.15. The van der Waals surface area contributed by atoms with Crippen LogP contribution in [-0.2, 0) is 11.2 Å². The average molecular weight is 371 g/mol. The summed E-state index contributed by atoms with van der Waals surface area (Å²) in [5.41, 5.74) is 3.43. The minimum absolute atomic E-state index is 0.108. The monoisotopic (exact) mass is 371 g/mol. The van der Waals surface area contributed by atoms with Gasteiger partial charge in [0.25, 0.3) is 0 Å². The van der Waals surface area contributed by atoms with E-state index in [2.05, 4.69) is 10.5 Å². The summed E-state index contributed by atoms with van der Waals surface area (Å²) in [6.07, 6.45) is 1.44. The molecule has 9 heteroatoms. The molecule has 0 radical (unpaired) electrons. The molecular weight excluding hydrogens is 354 g/mol. The van der Waals surface area contributed by atoms with Crippen LogP contribution in [0.25, 0.3) is 0 Å². The van der Waals surface area contributed by atoms with Crippen LogP contribution < -0.4 is 19.6 Å². The van der Waals surface area contributed by atoms with Crippen molar-refractivity contribution in [1.29, 1.82) is 0 Å². The third-order valence-electron chi connectivity index (χ3n) is 3.77.